The van der Waals surface area contributed by atoms with Crippen molar-refractivity contribution in [3.05, 3.63) is 17.0 Å². The molecule has 1 aliphatic rings. The first-order valence-corrected chi connectivity index (χ1v) is 6.14. The average molecular weight is 236 g/mol. The van der Waals surface area contributed by atoms with Gasteiger partial charge in [-0.25, -0.2) is 4.98 Å². The third-order valence-electron chi connectivity index (χ3n) is 2.65. The summed E-state index contributed by atoms with van der Waals surface area (Å²) in [6.45, 7) is 3.00. The SMILES string of the molecule is Cc1ncc(-c2nc(C3CCCN3)no2)s1. The monoisotopic (exact) mass is 236 g/mol. The Morgan fingerprint density at radius 2 is 2.50 bits per heavy atom. The van der Waals surface area contributed by atoms with E-state index in [1.165, 1.54) is 6.42 Å². The summed E-state index contributed by atoms with van der Waals surface area (Å²) in [5.41, 5.74) is 0. The Hall–Kier alpha value is -1.27. The van der Waals surface area contributed by atoms with Crippen LogP contribution >= 0.6 is 11.3 Å². The molecule has 3 rings (SSSR count). The molecule has 5 nitrogen and oxygen atoms in total. The number of hydrogen-bond donors (Lipinski definition) is 1. The number of rotatable bonds is 2. The molecular weight excluding hydrogens is 224 g/mol. The fraction of sp³-hybridized carbons (Fsp3) is 0.500. The molecule has 16 heavy (non-hydrogen) atoms. The highest BCUT2D eigenvalue weighted by Crippen LogP contribution is 2.27. The Morgan fingerprint density at radius 1 is 1.56 bits per heavy atom. The quantitative estimate of drug-likeness (QED) is 0.863. The van der Waals surface area contributed by atoms with Gasteiger partial charge in [0.1, 0.15) is 4.88 Å². The van der Waals surface area contributed by atoms with Gasteiger partial charge in [0.2, 0.25) is 0 Å². The Morgan fingerprint density at radius 3 is 3.19 bits per heavy atom. The van der Waals surface area contributed by atoms with E-state index in [1.807, 2.05) is 6.92 Å². The van der Waals surface area contributed by atoms with Crippen LogP contribution in [-0.4, -0.2) is 21.7 Å². The first kappa shape index (κ1) is 9.92. The molecule has 2 aromatic heterocycles. The van der Waals surface area contributed by atoms with Crippen LogP contribution < -0.4 is 5.32 Å². The van der Waals surface area contributed by atoms with Crippen molar-refractivity contribution in [3.8, 4) is 10.8 Å². The molecule has 1 N–H and O–H groups in total. The maximum absolute atomic E-state index is 5.25. The fourth-order valence-corrected chi connectivity index (χ4v) is 2.54. The van der Waals surface area contributed by atoms with Gasteiger partial charge < -0.3 is 9.84 Å². The minimum atomic E-state index is 0.256. The van der Waals surface area contributed by atoms with Crippen molar-refractivity contribution in [2.24, 2.45) is 0 Å². The highest BCUT2D eigenvalue weighted by Gasteiger charge is 2.22. The fourth-order valence-electron chi connectivity index (χ4n) is 1.84. The Kier molecular flexibility index (Phi) is 2.45. The number of hydrogen-bond acceptors (Lipinski definition) is 6. The zero-order valence-corrected chi connectivity index (χ0v) is 9.75. The highest BCUT2D eigenvalue weighted by molar-refractivity contribution is 7.14. The van der Waals surface area contributed by atoms with E-state index in [0.29, 0.717) is 5.89 Å². The van der Waals surface area contributed by atoms with Crippen LogP contribution in [0.5, 0.6) is 0 Å². The molecule has 1 saturated heterocycles. The second-order valence-electron chi connectivity index (χ2n) is 3.85. The van der Waals surface area contributed by atoms with E-state index in [-0.39, 0.29) is 6.04 Å². The van der Waals surface area contributed by atoms with Crippen LogP contribution in [0, 0.1) is 6.92 Å². The first-order chi connectivity index (χ1) is 7.83. The molecule has 6 heteroatoms. The summed E-state index contributed by atoms with van der Waals surface area (Å²) in [5, 5.41) is 8.37. The molecule has 0 aromatic carbocycles. The Balaban J connectivity index is 1.87. The van der Waals surface area contributed by atoms with Gasteiger partial charge in [0, 0.05) is 0 Å². The van der Waals surface area contributed by atoms with Gasteiger partial charge in [-0.2, -0.15) is 4.98 Å². The maximum Gasteiger partial charge on any atom is 0.269 e. The first-order valence-electron chi connectivity index (χ1n) is 5.33. The predicted molar refractivity (Wildman–Crippen MR) is 60.1 cm³/mol. The lowest BCUT2D eigenvalue weighted by atomic mass is 10.2. The zero-order chi connectivity index (χ0) is 11.0. The Bertz CT molecular complexity index is 486. The molecule has 0 aliphatic carbocycles. The van der Waals surface area contributed by atoms with E-state index in [1.54, 1.807) is 17.5 Å². The minimum Gasteiger partial charge on any atom is -0.333 e. The lowest BCUT2D eigenvalue weighted by Crippen LogP contribution is -2.14. The van der Waals surface area contributed by atoms with Crippen LogP contribution in [0.3, 0.4) is 0 Å². The molecule has 1 aliphatic heterocycles. The molecule has 1 unspecified atom stereocenters. The molecule has 0 spiro atoms. The van der Waals surface area contributed by atoms with Crippen molar-refractivity contribution in [1.29, 1.82) is 0 Å². The van der Waals surface area contributed by atoms with Gasteiger partial charge in [-0.3, -0.25) is 0 Å². The molecule has 0 saturated carbocycles. The normalized spacial score (nSPS) is 20.4. The molecule has 3 heterocycles. The van der Waals surface area contributed by atoms with E-state index in [4.69, 9.17) is 4.52 Å². The van der Waals surface area contributed by atoms with Gasteiger partial charge in [0.05, 0.1) is 17.2 Å². The average Bonchev–Trinajstić information content (AvgIpc) is 2.97. The number of aryl methyl sites for hydroxylation is 1. The largest absolute Gasteiger partial charge is 0.333 e. The van der Waals surface area contributed by atoms with Crippen LogP contribution in [0.25, 0.3) is 10.8 Å². The van der Waals surface area contributed by atoms with Gasteiger partial charge in [-0.1, -0.05) is 5.16 Å². The number of nitrogens with zero attached hydrogens (tertiary/aromatic N) is 3. The summed E-state index contributed by atoms with van der Waals surface area (Å²) < 4.78 is 5.25. The van der Waals surface area contributed by atoms with E-state index in [0.717, 1.165) is 28.7 Å². The summed E-state index contributed by atoms with van der Waals surface area (Å²) >= 11 is 1.57. The van der Waals surface area contributed by atoms with Crippen molar-refractivity contribution in [2.45, 2.75) is 25.8 Å². The molecular formula is C10H12N4OS. The van der Waals surface area contributed by atoms with Gasteiger partial charge in [-0.15, -0.1) is 11.3 Å². The summed E-state index contributed by atoms with van der Waals surface area (Å²) in [6.07, 6.45) is 4.04. The molecule has 0 amide bonds. The van der Waals surface area contributed by atoms with Crippen molar-refractivity contribution in [1.82, 2.24) is 20.4 Å². The van der Waals surface area contributed by atoms with E-state index in [2.05, 4.69) is 20.4 Å². The number of nitrogens with one attached hydrogen (secondary N) is 1. The summed E-state index contributed by atoms with van der Waals surface area (Å²) in [7, 11) is 0. The van der Waals surface area contributed by atoms with Gasteiger partial charge in [0.25, 0.3) is 5.89 Å². The third-order valence-corrected chi connectivity index (χ3v) is 3.55. The second-order valence-corrected chi connectivity index (χ2v) is 5.08. The van der Waals surface area contributed by atoms with Gasteiger partial charge >= 0.3 is 0 Å². The second kappa shape index (κ2) is 3.95. The number of aromatic nitrogens is 3. The van der Waals surface area contributed by atoms with Crippen LogP contribution in [0.2, 0.25) is 0 Å². The third kappa shape index (κ3) is 1.74. The number of thiazole rings is 1. The van der Waals surface area contributed by atoms with Crippen molar-refractivity contribution in [2.75, 3.05) is 6.54 Å². The molecule has 2 aromatic rings. The molecule has 1 fully saturated rings. The minimum absolute atomic E-state index is 0.256. The van der Waals surface area contributed by atoms with Crippen molar-refractivity contribution in [3.63, 3.8) is 0 Å². The standard InChI is InChI=1S/C10H12N4OS/c1-6-12-5-8(16-6)10-13-9(14-15-10)7-3-2-4-11-7/h5,7,11H,2-4H2,1H3. The van der Waals surface area contributed by atoms with Crippen LogP contribution in [0.15, 0.2) is 10.7 Å². The molecule has 0 bridgehead atoms. The van der Waals surface area contributed by atoms with Gasteiger partial charge in [-0.05, 0) is 26.3 Å². The van der Waals surface area contributed by atoms with E-state index >= 15 is 0 Å². The molecule has 1 atom stereocenters. The van der Waals surface area contributed by atoms with E-state index < -0.39 is 0 Å². The lowest BCUT2D eigenvalue weighted by molar-refractivity contribution is 0.413. The molecule has 0 radical (unpaired) electrons. The Labute approximate surface area is 96.9 Å². The topological polar surface area (TPSA) is 63.8 Å². The van der Waals surface area contributed by atoms with Crippen molar-refractivity contribution < 1.29 is 4.52 Å². The smallest absolute Gasteiger partial charge is 0.269 e. The van der Waals surface area contributed by atoms with Gasteiger partial charge in [0.15, 0.2) is 5.82 Å². The van der Waals surface area contributed by atoms with Crippen LogP contribution in [0.4, 0.5) is 0 Å². The lowest BCUT2D eigenvalue weighted by Gasteiger charge is -2.01. The van der Waals surface area contributed by atoms with Crippen LogP contribution in [-0.2, 0) is 0 Å². The summed E-state index contributed by atoms with van der Waals surface area (Å²) in [6, 6.07) is 0.256. The van der Waals surface area contributed by atoms with Crippen molar-refractivity contribution >= 4 is 11.3 Å². The zero-order valence-electron chi connectivity index (χ0n) is 8.93. The maximum atomic E-state index is 5.25. The van der Waals surface area contributed by atoms with Crippen LogP contribution in [0.1, 0.15) is 29.7 Å². The summed E-state index contributed by atoms with van der Waals surface area (Å²) in [5.74, 6) is 1.34. The predicted octanol–water partition coefficient (Wildman–Crippen LogP) is 1.93. The van der Waals surface area contributed by atoms with E-state index in [9.17, 15) is 0 Å². The summed E-state index contributed by atoms with van der Waals surface area (Å²) in [4.78, 5) is 9.52. The highest BCUT2D eigenvalue weighted by atomic mass is 32.1. The molecule has 84 valence electrons.